The summed E-state index contributed by atoms with van der Waals surface area (Å²) in [6.07, 6.45) is 4.14. The smallest absolute Gasteiger partial charge is 0.261 e. The number of rotatable bonds is 3. The van der Waals surface area contributed by atoms with Crippen LogP contribution >= 0.6 is 0 Å². The van der Waals surface area contributed by atoms with Crippen LogP contribution in [0.15, 0.2) is 59.7 Å². The Morgan fingerprint density at radius 2 is 1.69 bits per heavy atom. The van der Waals surface area contributed by atoms with Crippen LogP contribution in [0.25, 0.3) is 28.1 Å². The van der Waals surface area contributed by atoms with Crippen molar-refractivity contribution in [3.63, 3.8) is 0 Å². The maximum atomic E-state index is 13.3. The standard InChI is InChI=1S/C25H19N5O5/c31-24-17-12-26-25-27-23(16-3-5-19-22(11-16)33-9-1-8-32-19)28-30(25)18(17)6-7-29(24)13-15-2-4-20-21(10-15)35-14-34-20/h2-7,10-12H,1,8-9,13-14H2. The van der Waals surface area contributed by atoms with Crippen molar-refractivity contribution in [2.45, 2.75) is 13.0 Å². The van der Waals surface area contributed by atoms with Crippen LogP contribution in [0.4, 0.5) is 0 Å². The Labute approximate surface area is 198 Å². The van der Waals surface area contributed by atoms with Gasteiger partial charge in [-0.1, -0.05) is 6.07 Å². The van der Waals surface area contributed by atoms with Crippen LogP contribution < -0.4 is 24.5 Å². The molecule has 2 aromatic carbocycles. The van der Waals surface area contributed by atoms with Crippen LogP contribution in [0.5, 0.6) is 23.0 Å². The van der Waals surface area contributed by atoms with E-state index in [0.717, 1.165) is 17.5 Å². The summed E-state index contributed by atoms with van der Waals surface area (Å²) in [5, 5.41) is 5.10. The highest BCUT2D eigenvalue weighted by Crippen LogP contribution is 2.34. The Kier molecular flexibility index (Phi) is 4.38. The fraction of sp³-hybridized carbons (Fsp3) is 0.200. The summed E-state index contributed by atoms with van der Waals surface area (Å²) < 4.78 is 25.6. The molecule has 7 rings (SSSR count). The van der Waals surface area contributed by atoms with Crippen molar-refractivity contribution in [2.75, 3.05) is 20.0 Å². The van der Waals surface area contributed by atoms with E-state index in [-0.39, 0.29) is 12.4 Å². The van der Waals surface area contributed by atoms with Gasteiger partial charge in [0.25, 0.3) is 11.3 Å². The molecule has 0 N–H and O–H groups in total. The molecule has 174 valence electrons. The van der Waals surface area contributed by atoms with Crippen molar-refractivity contribution in [2.24, 2.45) is 0 Å². The number of hydrogen-bond acceptors (Lipinski definition) is 8. The normalized spacial score (nSPS) is 14.4. The molecule has 2 aliphatic heterocycles. The van der Waals surface area contributed by atoms with E-state index in [0.29, 0.717) is 65.3 Å². The summed E-state index contributed by atoms with van der Waals surface area (Å²) >= 11 is 0. The number of benzene rings is 2. The summed E-state index contributed by atoms with van der Waals surface area (Å²) in [4.78, 5) is 22.2. The van der Waals surface area contributed by atoms with Crippen molar-refractivity contribution in [3.8, 4) is 34.4 Å². The molecule has 5 heterocycles. The third-order valence-electron chi connectivity index (χ3n) is 6.10. The molecule has 5 aromatic rings. The molecule has 0 unspecified atom stereocenters. The van der Waals surface area contributed by atoms with Gasteiger partial charge in [0.1, 0.15) is 0 Å². The van der Waals surface area contributed by atoms with Crippen LogP contribution in [0.2, 0.25) is 0 Å². The molecule has 10 nitrogen and oxygen atoms in total. The summed E-state index contributed by atoms with van der Waals surface area (Å²) in [7, 11) is 0. The number of fused-ring (bicyclic) bond motifs is 5. The lowest BCUT2D eigenvalue weighted by Gasteiger charge is -2.08. The molecule has 0 saturated carbocycles. The van der Waals surface area contributed by atoms with Gasteiger partial charge >= 0.3 is 0 Å². The van der Waals surface area contributed by atoms with Gasteiger partial charge < -0.3 is 23.5 Å². The Bertz CT molecular complexity index is 1680. The first kappa shape index (κ1) is 19.8. The zero-order valence-electron chi connectivity index (χ0n) is 18.5. The number of aromatic nitrogens is 5. The second-order valence-electron chi connectivity index (χ2n) is 8.35. The molecule has 0 spiro atoms. The lowest BCUT2D eigenvalue weighted by Crippen LogP contribution is -2.21. The van der Waals surface area contributed by atoms with Crippen molar-refractivity contribution in [1.82, 2.24) is 24.1 Å². The topological polar surface area (TPSA) is 102 Å². The van der Waals surface area contributed by atoms with Crippen LogP contribution in [0.1, 0.15) is 12.0 Å². The minimum Gasteiger partial charge on any atom is -0.490 e. The zero-order chi connectivity index (χ0) is 23.4. The highest BCUT2D eigenvalue weighted by molar-refractivity contribution is 5.79. The molecule has 0 fully saturated rings. The molecule has 0 amide bonds. The maximum absolute atomic E-state index is 13.3. The second-order valence-corrected chi connectivity index (χ2v) is 8.35. The summed E-state index contributed by atoms with van der Waals surface area (Å²) in [5.74, 6) is 3.67. The van der Waals surface area contributed by atoms with Gasteiger partial charge in [-0.15, -0.1) is 5.10 Å². The van der Waals surface area contributed by atoms with Gasteiger partial charge in [0.2, 0.25) is 6.79 Å². The van der Waals surface area contributed by atoms with Gasteiger partial charge in [0, 0.05) is 24.4 Å². The van der Waals surface area contributed by atoms with Crippen molar-refractivity contribution in [3.05, 3.63) is 70.8 Å². The molecule has 2 aliphatic rings. The predicted molar refractivity (Wildman–Crippen MR) is 125 cm³/mol. The van der Waals surface area contributed by atoms with Gasteiger partial charge in [0.05, 0.1) is 30.7 Å². The minimum absolute atomic E-state index is 0.165. The second kappa shape index (κ2) is 7.73. The quantitative estimate of drug-likeness (QED) is 0.397. The van der Waals surface area contributed by atoms with Crippen molar-refractivity contribution < 1.29 is 18.9 Å². The monoisotopic (exact) mass is 469 g/mol. The maximum Gasteiger partial charge on any atom is 0.261 e. The van der Waals surface area contributed by atoms with Crippen molar-refractivity contribution in [1.29, 1.82) is 0 Å². The fourth-order valence-corrected chi connectivity index (χ4v) is 4.34. The summed E-state index contributed by atoms with van der Waals surface area (Å²) in [6.45, 7) is 1.83. The Morgan fingerprint density at radius 1 is 0.886 bits per heavy atom. The molecule has 0 bridgehead atoms. The van der Waals surface area contributed by atoms with Crippen molar-refractivity contribution >= 4 is 16.7 Å². The molecule has 0 aliphatic carbocycles. The van der Waals surface area contributed by atoms with Gasteiger partial charge in [-0.25, -0.2) is 4.98 Å². The number of nitrogens with zero attached hydrogens (tertiary/aromatic N) is 5. The molecular weight excluding hydrogens is 450 g/mol. The Morgan fingerprint density at radius 3 is 2.63 bits per heavy atom. The van der Waals surface area contributed by atoms with Crippen LogP contribution in [-0.2, 0) is 6.54 Å². The van der Waals surface area contributed by atoms with E-state index in [4.69, 9.17) is 18.9 Å². The largest absolute Gasteiger partial charge is 0.490 e. The lowest BCUT2D eigenvalue weighted by molar-refractivity contribution is 0.174. The van der Waals surface area contributed by atoms with E-state index in [1.54, 1.807) is 21.5 Å². The zero-order valence-corrected chi connectivity index (χ0v) is 18.5. The number of ether oxygens (including phenoxy) is 4. The average Bonchev–Trinajstić information content (AvgIpc) is 3.46. The molecule has 0 radical (unpaired) electrons. The van der Waals surface area contributed by atoms with E-state index in [1.807, 2.05) is 42.5 Å². The summed E-state index contributed by atoms with van der Waals surface area (Å²) in [6, 6.07) is 13.1. The van der Waals surface area contributed by atoms with Gasteiger partial charge in [0.15, 0.2) is 28.8 Å². The molecule has 35 heavy (non-hydrogen) atoms. The first-order chi connectivity index (χ1) is 17.2. The summed E-state index contributed by atoms with van der Waals surface area (Å²) in [5.41, 5.74) is 2.18. The van der Waals surface area contributed by atoms with Crippen LogP contribution in [-0.4, -0.2) is 44.2 Å². The highest BCUT2D eigenvalue weighted by atomic mass is 16.7. The third-order valence-corrected chi connectivity index (χ3v) is 6.10. The lowest BCUT2D eigenvalue weighted by atomic mass is 10.2. The van der Waals surface area contributed by atoms with Crippen LogP contribution in [0, 0.1) is 0 Å². The van der Waals surface area contributed by atoms with Gasteiger partial charge in [-0.2, -0.15) is 9.50 Å². The predicted octanol–water partition coefficient (Wildman–Crippen LogP) is 3.04. The fourth-order valence-electron chi connectivity index (χ4n) is 4.34. The van der Waals surface area contributed by atoms with Crippen LogP contribution in [0.3, 0.4) is 0 Å². The Hall–Kier alpha value is -4.60. The van der Waals surface area contributed by atoms with Gasteiger partial charge in [-0.05, 0) is 42.0 Å². The average molecular weight is 469 g/mol. The number of hydrogen-bond donors (Lipinski definition) is 0. The molecular formula is C25H19N5O5. The van der Waals surface area contributed by atoms with E-state index < -0.39 is 0 Å². The first-order valence-corrected chi connectivity index (χ1v) is 11.3. The molecule has 0 atom stereocenters. The molecule has 3 aromatic heterocycles. The molecule has 10 heteroatoms. The van der Waals surface area contributed by atoms with E-state index in [9.17, 15) is 4.79 Å². The molecule has 0 saturated heterocycles. The first-order valence-electron chi connectivity index (χ1n) is 11.3. The van der Waals surface area contributed by atoms with Gasteiger partial charge in [-0.3, -0.25) is 4.79 Å². The van der Waals surface area contributed by atoms with E-state index >= 15 is 0 Å². The van der Waals surface area contributed by atoms with E-state index in [1.165, 1.54) is 0 Å². The third kappa shape index (κ3) is 3.33. The highest BCUT2D eigenvalue weighted by Gasteiger charge is 2.17. The SMILES string of the molecule is O=c1c2cnc3nc(-c4ccc5c(c4)OCCCO5)nn3c2ccn1Cc1ccc2c(c1)OCO2. The van der Waals surface area contributed by atoms with E-state index in [2.05, 4.69) is 15.1 Å². The number of pyridine rings is 1. The Balaban J connectivity index is 1.27. The minimum atomic E-state index is -0.165.